The van der Waals surface area contributed by atoms with Gasteiger partial charge in [-0.1, -0.05) is 31.5 Å². The number of hydrogen-bond donors (Lipinski definition) is 2. The summed E-state index contributed by atoms with van der Waals surface area (Å²) in [5.41, 5.74) is 0.864. The zero-order chi connectivity index (χ0) is 13.7. The first-order valence-electron chi connectivity index (χ1n) is 6.09. The summed E-state index contributed by atoms with van der Waals surface area (Å²) in [5.74, 6) is 1.66. The van der Waals surface area contributed by atoms with Crippen LogP contribution < -0.4 is 10.6 Å². The molecule has 0 atom stereocenters. The number of nitrogens with zero attached hydrogens (tertiary/aromatic N) is 3. The Hall–Kier alpha value is -1.88. The van der Waals surface area contributed by atoms with Gasteiger partial charge in [-0.25, -0.2) is 0 Å². The third-order valence-corrected chi connectivity index (χ3v) is 2.56. The number of anilines is 3. The molecule has 6 heteroatoms. The second kappa shape index (κ2) is 6.33. The van der Waals surface area contributed by atoms with Crippen LogP contribution in [0.25, 0.3) is 0 Å². The van der Waals surface area contributed by atoms with E-state index in [2.05, 4.69) is 39.7 Å². The zero-order valence-corrected chi connectivity index (χ0v) is 11.6. The minimum absolute atomic E-state index is 0.515. The molecule has 1 heterocycles. The molecule has 0 aliphatic carbocycles. The summed E-state index contributed by atoms with van der Waals surface area (Å²) < 4.78 is 0. The largest absolute Gasteiger partial charge is 0.353 e. The fourth-order valence-electron chi connectivity index (χ4n) is 1.45. The van der Waals surface area contributed by atoms with Gasteiger partial charge in [0.05, 0.1) is 6.20 Å². The van der Waals surface area contributed by atoms with Gasteiger partial charge in [-0.3, -0.25) is 0 Å². The van der Waals surface area contributed by atoms with Crippen molar-refractivity contribution in [3.8, 4) is 0 Å². The van der Waals surface area contributed by atoms with E-state index in [4.69, 9.17) is 11.6 Å². The fourth-order valence-corrected chi connectivity index (χ4v) is 1.64. The topological polar surface area (TPSA) is 62.7 Å². The van der Waals surface area contributed by atoms with Gasteiger partial charge in [0, 0.05) is 17.3 Å². The minimum Gasteiger partial charge on any atom is -0.353 e. The fraction of sp³-hybridized carbons (Fsp3) is 0.308. The van der Waals surface area contributed by atoms with Crippen LogP contribution in [0, 0.1) is 5.92 Å². The monoisotopic (exact) mass is 277 g/mol. The average molecular weight is 278 g/mol. The van der Waals surface area contributed by atoms with Gasteiger partial charge in [-0.15, -0.1) is 5.10 Å². The van der Waals surface area contributed by atoms with Crippen molar-refractivity contribution in [2.75, 3.05) is 17.2 Å². The maximum Gasteiger partial charge on any atom is 0.244 e. The molecule has 0 saturated heterocycles. The lowest BCUT2D eigenvalue weighted by Crippen LogP contribution is -2.11. The number of aromatic nitrogens is 3. The Balaban J connectivity index is 2.06. The van der Waals surface area contributed by atoms with E-state index in [9.17, 15) is 0 Å². The van der Waals surface area contributed by atoms with Crippen LogP contribution in [-0.2, 0) is 0 Å². The minimum atomic E-state index is 0.515. The van der Waals surface area contributed by atoms with Crippen molar-refractivity contribution in [2.24, 2.45) is 5.92 Å². The third-order valence-electron chi connectivity index (χ3n) is 2.32. The molecular weight excluding hydrogens is 262 g/mol. The Labute approximate surface area is 117 Å². The molecule has 5 nitrogen and oxygen atoms in total. The summed E-state index contributed by atoms with van der Waals surface area (Å²) in [6.45, 7) is 5.05. The molecule has 0 aliphatic rings. The molecule has 0 aliphatic heterocycles. The van der Waals surface area contributed by atoms with Crippen molar-refractivity contribution < 1.29 is 0 Å². The van der Waals surface area contributed by atoms with Gasteiger partial charge < -0.3 is 10.6 Å². The standard InChI is InChI=1S/C13H16ClN5/c1-9(2)7-15-13-18-12(8-16-19-13)17-11-5-3-4-10(14)6-11/h3-6,8-9H,7H2,1-2H3,(H2,15,17,18,19). The molecule has 2 N–H and O–H groups in total. The second-order valence-corrected chi connectivity index (χ2v) is 5.01. The molecule has 0 radical (unpaired) electrons. The smallest absolute Gasteiger partial charge is 0.244 e. The lowest BCUT2D eigenvalue weighted by Gasteiger charge is -2.09. The maximum atomic E-state index is 5.93. The Morgan fingerprint density at radius 1 is 1.32 bits per heavy atom. The number of rotatable bonds is 5. The van der Waals surface area contributed by atoms with Crippen LogP contribution in [0.15, 0.2) is 30.5 Å². The number of hydrogen-bond acceptors (Lipinski definition) is 5. The first-order valence-corrected chi connectivity index (χ1v) is 6.47. The van der Waals surface area contributed by atoms with Gasteiger partial charge in [-0.05, 0) is 24.1 Å². The van der Waals surface area contributed by atoms with E-state index in [1.165, 1.54) is 0 Å². The highest BCUT2D eigenvalue weighted by atomic mass is 35.5. The van der Waals surface area contributed by atoms with Gasteiger partial charge in [0.2, 0.25) is 5.95 Å². The molecule has 100 valence electrons. The average Bonchev–Trinajstić information content (AvgIpc) is 2.37. The van der Waals surface area contributed by atoms with E-state index >= 15 is 0 Å². The van der Waals surface area contributed by atoms with Gasteiger partial charge in [0.25, 0.3) is 0 Å². The van der Waals surface area contributed by atoms with E-state index in [-0.39, 0.29) is 0 Å². The quantitative estimate of drug-likeness (QED) is 0.878. The first-order chi connectivity index (χ1) is 9.13. The molecule has 0 unspecified atom stereocenters. The van der Waals surface area contributed by atoms with Crippen LogP contribution in [0.3, 0.4) is 0 Å². The molecule has 19 heavy (non-hydrogen) atoms. The van der Waals surface area contributed by atoms with Crippen LogP contribution in [0.5, 0.6) is 0 Å². The van der Waals surface area contributed by atoms with Crippen LogP contribution in [0.2, 0.25) is 5.02 Å². The number of benzene rings is 1. The molecular formula is C13H16ClN5. The molecule has 1 aromatic heterocycles. The summed E-state index contributed by atoms with van der Waals surface area (Å²) in [7, 11) is 0. The van der Waals surface area contributed by atoms with Gasteiger partial charge >= 0.3 is 0 Å². The van der Waals surface area contributed by atoms with Gasteiger partial charge in [-0.2, -0.15) is 10.1 Å². The summed E-state index contributed by atoms with van der Waals surface area (Å²) in [5, 5.41) is 14.8. The molecule has 0 bridgehead atoms. The number of nitrogens with one attached hydrogen (secondary N) is 2. The maximum absolute atomic E-state index is 5.93. The van der Waals surface area contributed by atoms with Crippen molar-refractivity contribution in [1.82, 2.24) is 15.2 Å². The molecule has 2 aromatic rings. The predicted octanol–water partition coefficient (Wildman–Crippen LogP) is 3.34. The Morgan fingerprint density at radius 3 is 2.89 bits per heavy atom. The van der Waals surface area contributed by atoms with Crippen LogP contribution in [0.4, 0.5) is 17.5 Å². The van der Waals surface area contributed by atoms with E-state index in [1.807, 2.05) is 24.3 Å². The van der Waals surface area contributed by atoms with Crippen molar-refractivity contribution in [3.63, 3.8) is 0 Å². The van der Waals surface area contributed by atoms with Gasteiger partial charge in [0.15, 0.2) is 5.82 Å². The molecule has 0 spiro atoms. The van der Waals surface area contributed by atoms with E-state index in [0.717, 1.165) is 12.2 Å². The number of halogens is 1. The van der Waals surface area contributed by atoms with E-state index < -0.39 is 0 Å². The molecule has 2 rings (SSSR count). The van der Waals surface area contributed by atoms with Gasteiger partial charge in [0.1, 0.15) is 0 Å². The molecule has 1 aromatic carbocycles. The predicted molar refractivity (Wildman–Crippen MR) is 77.9 cm³/mol. The van der Waals surface area contributed by atoms with Crippen molar-refractivity contribution in [1.29, 1.82) is 0 Å². The zero-order valence-electron chi connectivity index (χ0n) is 10.9. The summed E-state index contributed by atoms with van der Waals surface area (Å²) in [4.78, 5) is 4.33. The van der Waals surface area contributed by atoms with Crippen molar-refractivity contribution in [3.05, 3.63) is 35.5 Å². The lowest BCUT2D eigenvalue weighted by atomic mass is 10.2. The molecule has 0 fully saturated rings. The SMILES string of the molecule is CC(C)CNc1nncc(Nc2cccc(Cl)c2)n1. The normalized spacial score (nSPS) is 10.5. The molecule has 0 saturated carbocycles. The Kier molecular flexibility index (Phi) is 4.52. The van der Waals surface area contributed by atoms with Crippen molar-refractivity contribution >= 4 is 29.1 Å². The van der Waals surface area contributed by atoms with E-state index in [0.29, 0.717) is 22.7 Å². The van der Waals surface area contributed by atoms with Crippen LogP contribution in [-0.4, -0.2) is 21.7 Å². The summed E-state index contributed by atoms with van der Waals surface area (Å²) in [6.07, 6.45) is 1.57. The van der Waals surface area contributed by atoms with Crippen LogP contribution >= 0.6 is 11.6 Å². The summed E-state index contributed by atoms with van der Waals surface area (Å²) >= 11 is 5.93. The lowest BCUT2D eigenvalue weighted by molar-refractivity contribution is 0.682. The Bertz CT molecular complexity index is 544. The third kappa shape index (κ3) is 4.37. The molecule has 0 amide bonds. The Morgan fingerprint density at radius 2 is 2.16 bits per heavy atom. The van der Waals surface area contributed by atoms with Crippen LogP contribution in [0.1, 0.15) is 13.8 Å². The highest BCUT2D eigenvalue weighted by Crippen LogP contribution is 2.18. The van der Waals surface area contributed by atoms with E-state index in [1.54, 1.807) is 6.20 Å². The highest BCUT2D eigenvalue weighted by molar-refractivity contribution is 6.30. The van der Waals surface area contributed by atoms with Crippen molar-refractivity contribution in [2.45, 2.75) is 13.8 Å². The highest BCUT2D eigenvalue weighted by Gasteiger charge is 2.02. The summed E-state index contributed by atoms with van der Waals surface area (Å²) in [6, 6.07) is 7.43. The second-order valence-electron chi connectivity index (χ2n) is 4.58. The first kappa shape index (κ1) is 13.5.